The van der Waals surface area contributed by atoms with Gasteiger partial charge in [-0.1, -0.05) is 6.61 Å². The topological polar surface area (TPSA) is 26.3 Å². The molecule has 0 aromatic heterocycles. The number of hydrogen-bond donors (Lipinski definition) is 0. The quantitative estimate of drug-likeness (QED) is 0.616. The molecule has 8 heavy (non-hydrogen) atoms. The van der Waals surface area contributed by atoms with Crippen LogP contribution in [0.25, 0.3) is 0 Å². The Kier molecular flexibility index (Phi) is 15.1. The average Bonchev–Trinajstić information content (AvgIpc) is 1.72. The molecule has 48 valence electrons. The van der Waals surface area contributed by atoms with Crippen LogP contribution in [0.5, 0.6) is 0 Å². The fourth-order valence-corrected chi connectivity index (χ4v) is 0.289. The predicted octanol–water partition coefficient (Wildman–Crippen LogP) is 1.13. The standard InChI is InChI=1S/C5H11O.O.Zr/c1-5(2)4-6-3;;/h4H2,1-3H3;;/q-1;;. The Bertz CT molecular complexity index is 39.4. The van der Waals surface area contributed by atoms with Crippen molar-refractivity contribution in [2.24, 2.45) is 0 Å². The molecule has 0 spiro atoms. The molecule has 0 amide bonds. The third kappa shape index (κ3) is 15.9. The van der Waals surface area contributed by atoms with Crippen LogP contribution in [0.15, 0.2) is 0 Å². The number of rotatable bonds is 2. The SMILES string of the molecule is COC[C-](C)C.[O]=[Zr]. The van der Waals surface area contributed by atoms with Crippen LogP contribution in [0.2, 0.25) is 0 Å². The molecular weight excluding hydrogens is 183 g/mol. The van der Waals surface area contributed by atoms with E-state index in [1.54, 1.807) is 7.11 Å². The monoisotopic (exact) mass is 193 g/mol. The summed E-state index contributed by atoms with van der Waals surface area (Å²) in [6.45, 7) is 4.88. The maximum absolute atomic E-state index is 8.34. The fourth-order valence-electron chi connectivity index (χ4n) is 0.289. The summed E-state index contributed by atoms with van der Waals surface area (Å²) in [5.74, 6) is 1.32. The van der Waals surface area contributed by atoms with E-state index in [-0.39, 0.29) is 0 Å². The minimum atomic E-state index is 0.300. The van der Waals surface area contributed by atoms with Gasteiger partial charge < -0.3 is 4.74 Å². The molecule has 0 N–H and O–H groups in total. The van der Waals surface area contributed by atoms with Gasteiger partial charge in [-0.05, 0) is 0 Å². The molecule has 0 aliphatic rings. The second-order valence-corrected chi connectivity index (χ2v) is 1.64. The number of methoxy groups -OCH3 is 1. The first-order chi connectivity index (χ1) is 3.77. The van der Waals surface area contributed by atoms with Crippen LogP contribution in [0, 0.1) is 5.92 Å². The molecule has 0 rings (SSSR count). The van der Waals surface area contributed by atoms with E-state index in [2.05, 4.69) is 0 Å². The Hall–Kier alpha value is 0.643. The normalized spacial score (nSPS) is 7.88. The molecule has 0 saturated carbocycles. The Morgan fingerprint density at radius 3 is 1.88 bits per heavy atom. The molecule has 3 heteroatoms. The Balaban J connectivity index is 0. The summed E-state index contributed by atoms with van der Waals surface area (Å²) in [6, 6.07) is 0. The molecule has 0 aliphatic heterocycles. The molecule has 0 aromatic rings. The van der Waals surface area contributed by atoms with E-state index in [1.165, 1.54) is 5.92 Å². The molecule has 2 nitrogen and oxygen atoms in total. The Morgan fingerprint density at radius 1 is 1.50 bits per heavy atom. The van der Waals surface area contributed by atoms with Crippen molar-refractivity contribution in [2.45, 2.75) is 13.8 Å². The van der Waals surface area contributed by atoms with Crippen LogP contribution in [0.1, 0.15) is 13.8 Å². The van der Waals surface area contributed by atoms with Crippen molar-refractivity contribution in [1.82, 2.24) is 0 Å². The van der Waals surface area contributed by atoms with Gasteiger partial charge >= 0.3 is 27.5 Å². The summed E-state index contributed by atoms with van der Waals surface area (Å²) in [6.07, 6.45) is 0. The summed E-state index contributed by atoms with van der Waals surface area (Å²) < 4.78 is 13.1. The van der Waals surface area contributed by atoms with E-state index in [1.807, 2.05) is 13.8 Å². The van der Waals surface area contributed by atoms with Gasteiger partial charge in [0.1, 0.15) is 0 Å². The fraction of sp³-hybridized carbons (Fsp3) is 0.800. The Labute approximate surface area is 65.9 Å². The second-order valence-electron chi connectivity index (χ2n) is 1.64. The van der Waals surface area contributed by atoms with Crippen LogP contribution in [-0.2, 0) is 32.3 Å². The van der Waals surface area contributed by atoms with Crippen LogP contribution in [-0.4, -0.2) is 13.7 Å². The molecular formula is C5H11O2Zr-. The van der Waals surface area contributed by atoms with Crippen LogP contribution in [0.3, 0.4) is 0 Å². The Morgan fingerprint density at radius 2 is 1.88 bits per heavy atom. The van der Waals surface area contributed by atoms with Gasteiger partial charge in [0.25, 0.3) is 0 Å². The predicted molar refractivity (Wildman–Crippen MR) is 27.2 cm³/mol. The molecule has 0 aromatic carbocycles. The van der Waals surface area contributed by atoms with Crippen molar-refractivity contribution in [3.05, 3.63) is 5.92 Å². The zero-order chi connectivity index (χ0) is 6.99. The minimum absolute atomic E-state index is 0.300. The number of hydrogen-bond acceptors (Lipinski definition) is 2. The van der Waals surface area contributed by atoms with Crippen LogP contribution in [0.4, 0.5) is 0 Å². The van der Waals surface area contributed by atoms with Gasteiger partial charge in [0.15, 0.2) is 0 Å². The van der Waals surface area contributed by atoms with Crippen LogP contribution < -0.4 is 0 Å². The van der Waals surface area contributed by atoms with Crippen molar-refractivity contribution in [1.29, 1.82) is 0 Å². The molecule has 0 saturated heterocycles. The molecule has 0 atom stereocenters. The zero-order valence-corrected chi connectivity index (χ0v) is 7.98. The summed E-state index contributed by atoms with van der Waals surface area (Å²) in [7, 11) is 1.70. The van der Waals surface area contributed by atoms with Gasteiger partial charge in [-0.2, -0.15) is 13.8 Å². The van der Waals surface area contributed by atoms with Crippen molar-refractivity contribution in [3.8, 4) is 0 Å². The summed E-state index contributed by atoms with van der Waals surface area (Å²) in [5, 5.41) is 0. The molecule has 0 bridgehead atoms. The van der Waals surface area contributed by atoms with E-state index in [0.29, 0.717) is 24.7 Å². The van der Waals surface area contributed by atoms with Gasteiger partial charge in [-0.3, -0.25) is 5.92 Å². The van der Waals surface area contributed by atoms with E-state index in [4.69, 9.17) is 7.55 Å². The third-order valence-corrected chi connectivity index (χ3v) is 0.433. The van der Waals surface area contributed by atoms with Crippen LogP contribution >= 0.6 is 0 Å². The van der Waals surface area contributed by atoms with E-state index in [0.717, 1.165) is 6.61 Å². The molecule has 0 unspecified atom stereocenters. The zero-order valence-electron chi connectivity index (χ0n) is 5.52. The van der Waals surface area contributed by atoms with Crippen molar-refractivity contribution < 1.29 is 32.3 Å². The molecule has 0 radical (unpaired) electrons. The van der Waals surface area contributed by atoms with Crippen molar-refractivity contribution in [3.63, 3.8) is 0 Å². The maximum atomic E-state index is 8.34. The van der Waals surface area contributed by atoms with Gasteiger partial charge in [0.05, 0.1) is 0 Å². The van der Waals surface area contributed by atoms with Gasteiger partial charge in [0.2, 0.25) is 0 Å². The van der Waals surface area contributed by atoms with E-state index >= 15 is 0 Å². The average molecular weight is 194 g/mol. The molecule has 0 fully saturated rings. The van der Waals surface area contributed by atoms with E-state index in [9.17, 15) is 0 Å². The first-order valence-electron chi connectivity index (χ1n) is 2.25. The van der Waals surface area contributed by atoms with Gasteiger partial charge in [-0.15, -0.1) is 0 Å². The second kappa shape index (κ2) is 10.6. The van der Waals surface area contributed by atoms with Gasteiger partial charge in [-0.25, -0.2) is 0 Å². The van der Waals surface area contributed by atoms with E-state index < -0.39 is 0 Å². The first kappa shape index (κ1) is 11.4. The summed E-state index contributed by atoms with van der Waals surface area (Å²) >= 11 is 0.300. The first-order valence-corrected chi connectivity index (χ1v) is 3.26. The van der Waals surface area contributed by atoms with Crippen molar-refractivity contribution in [2.75, 3.05) is 13.7 Å². The molecule has 0 aliphatic carbocycles. The summed E-state index contributed by atoms with van der Waals surface area (Å²) in [4.78, 5) is 0. The molecule has 0 heterocycles. The summed E-state index contributed by atoms with van der Waals surface area (Å²) in [5.41, 5.74) is 0. The number of ether oxygens (including phenoxy) is 1. The van der Waals surface area contributed by atoms with Gasteiger partial charge in [0, 0.05) is 7.11 Å². The van der Waals surface area contributed by atoms with Crippen molar-refractivity contribution >= 4 is 0 Å². The third-order valence-electron chi connectivity index (χ3n) is 0.433.